The SMILES string of the molecule is CN/C=C(\C(=N)c1ccc(O)cc1)c1ccncc1. The van der Waals surface area contributed by atoms with Crippen LogP contribution in [0.15, 0.2) is 55.0 Å². The highest BCUT2D eigenvalue weighted by Crippen LogP contribution is 2.20. The van der Waals surface area contributed by atoms with Gasteiger partial charge < -0.3 is 10.4 Å². The van der Waals surface area contributed by atoms with Crippen LogP contribution in [0.5, 0.6) is 5.75 Å². The van der Waals surface area contributed by atoms with Gasteiger partial charge in [-0.15, -0.1) is 0 Å². The highest BCUT2D eigenvalue weighted by Gasteiger charge is 2.10. The maximum absolute atomic E-state index is 9.29. The first kappa shape index (κ1) is 12.8. The number of rotatable bonds is 4. The Morgan fingerprint density at radius 3 is 2.32 bits per heavy atom. The number of hydrogen-bond acceptors (Lipinski definition) is 4. The Kier molecular flexibility index (Phi) is 3.93. The minimum absolute atomic E-state index is 0.194. The van der Waals surface area contributed by atoms with Crippen molar-refractivity contribution in [2.24, 2.45) is 0 Å². The second kappa shape index (κ2) is 5.82. The van der Waals surface area contributed by atoms with Gasteiger partial charge in [-0.05, 0) is 42.0 Å². The third-order valence-electron chi connectivity index (χ3n) is 2.71. The van der Waals surface area contributed by atoms with Crippen molar-refractivity contribution >= 4 is 11.3 Å². The summed E-state index contributed by atoms with van der Waals surface area (Å²) < 4.78 is 0. The molecule has 1 aromatic carbocycles. The predicted octanol–water partition coefficient (Wildman–Crippen LogP) is 2.42. The average Bonchev–Trinajstić information content (AvgIpc) is 2.46. The maximum Gasteiger partial charge on any atom is 0.115 e. The van der Waals surface area contributed by atoms with E-state index in [1.165, 1.54) is 0 Å². The third kappa shape index (κ3) is 2.98. The van der Waals surface area contributed by atoms with Gasteiger partial charge in [0.2, 0.25) is 0 Å². The molecule has 19 heavy (non-hydrogen) atoms. The first-order valence-corrected chi connectivity index (χ1v) is 5.88. The molecule has 0 saturated heterocycles. The molecule has 96 valence electrons. The number of pyridine rings is 1. The summed E-state index contributed by atoms with van der Waals surface area (Å²) in [5, 5.41) is 20.5. The van der Waals surface area contributed by atoms with E-state index in [1.54, 1.807) is 49.9 Å². The second-order valence-corrected chi connectivity index (χ2v) is 4.00. The van der Waals surface area contributed by atoms with Crippen molar-refractivity contribution in [3.63, 3.8) is 0 Å². The Morgan fingerprint density at radius 2 is 1.74 bits per heavy atom. The first-order valence-electron chi connectivity index (χ1n) is 5.88. The number of phenolic OH excluding ortho intramolecular Hbond substituents is 1. The van der Waals surface area contributed by atoms with E-state index >= 15 is 0 Å². The molecular weight excluding hydrogens is 238 g/mol. The number of benzene rings is 1. The Morgan fingerprint density at radius 1 is 1.11 bits per heavy atom. The summed E-state index contributed by atoms with van der Waals surface area (Å²) in [6, 6.07) is 10.3. The molecule has 0 fully saturated rings. The molecule has 2 aromatic rings. The molecule has 0 atom stereocenters. The quantitative estimate of drug-likeness (QED) is 0.733. The van der Waals surface area contributed by atoms with Crippen LogP contribution in [0.4, 0.5) is 0 Å². The van der Waals surface area contributed by atoms with Crippen molar-refractivity contribution in [1.29, 1.82) is 5.41 Å². The lowest BCUT2D eigenvalue weighted by molar-refractivity contribution is 0.475. The fourth-order valence-corrected chi connectivity index (χ4v) is 1.76. The molecule has 0 unspecified atom stereocenters. The fourth-order valence-electron chi connectivity index (χ4n) is 1.76. The van der Waals surface area contributed by atoms with Gasteiger partial charge in [-0.25, -0.2) is 0 Å². The Labute approximate surface area is 112 Å². The molecule has 0 amide bonds. The van der Waals surface area contributed by atoms with Gasteiger partial charge in [0.15, 0.2) is 0 Å². The maximum atomic E-state index is 9.29. The average molecular weight is 253 g/mol. The van der Waals surface area contributed by atoms with E-state index in [2.05, 4.69) is 10.3 Å². The van der Waals surface area contributed by atoms with Crippen LogP contribution in [-0.2, 0) is 0 Å². The van der Waals surface area contributed by atoms with Crippen LogP contribution >= 0.6 is 0 Å². The summed E-state index contributed by atoms with van der Waals surface area (Å²) in [5.74, 6) is 0.194. The first-order chi connectivity index (χ1) is 9.22. The lowest BCUT2D eigenvalue weighted by Crippen LogP contribution is -2.07. The molecule has 4 nitrogen and oxygen atoms in total. The molecular formula is C15H15N3O. The second-order valence-electron chi connectivity index (χ2n) is 4.00. The van der Waals surface area contributed by atoms with Crippen molar-refractivity contribution in [3.8, 4) is 5.75 Å². The van der Waals surface area contributed by atoms with Crippen LogP contribution in [0, 0.1) is 5.41 Å². The monoisotopic (exact) mass is 253 g/mol. The van der Waals surface area contributed by atoms with Crippen molar-refractivity contribution in [1.82, 2.24) is 10.3 Å². The molecule has 0 bridgehead atoms. The molecule has 0 aliphatic rings. The molecule has 0 radical (unpaired) electrons. The van der Waals surface area contributed by atoms with Crippen LogP contribution in [-0.4, -0.2) is 22.8 Å². The number of nitrogens with one attached hydrogen (secondary N) is 2. The third-order valence-corrected chi connectivity index (χ3v) is 2.71. The summed E-state index contributed by atoms with van der Waals surface area (Å²) in [7, 11) is 1.80. The smallest absolute Gasteiger partial charge is 0.115 e. The van der Waals surface area contributed by atoms with Crippen LogP contribution in [0.1, 0.15) is 11.1 Å². The molecule has 0 saturated carbocycles. The van der Waals surface area contributed by atoms with Gasteiger partial charge in [-0.3, -0.25) is 10.4 Å². The summed E-state index contributed by atoms with van der Waals surface area (Å²) in [6.45, 7) is 0. The zero-order valence-corrected chi connectivity index (χ0v) is 10.6. The Hall–Kier alpha value is -2.62. The van der Waals surface area contributed by atoms with Gasteiger partial charge in [0.1, 0.15) is 5.75 Å². The summed E-state index contributed by atoms with van der Waals surface area (Å²) in [6.07, 6.45) is 5.18. The number of allylic oxidation sites excluding steroid dienone is 1. The number of aromatic nitrogens is 1. The van der Waals surface area contributed by atoms with E-state index in [9.17, 15) is 5.11 Å². The normalized spacial score (nSPS) is 11.1. The minimum Gasteiger partial charge on any atom is -0.508 e. The van der Waals surface area contributed by atoms with Gasteiger partial charge >= 0.3 is 0 Å². The van der Waals surface area contributed by atoms with Crippen LogP contribution in [0.2, 0.25) is 0 Å². The Bertz CT molecular complexity index is 589. The summed E-state index contributed by atoms with van der Waals surface area (Å²) in [5.41, 5.74) is 2.83. The van der Waals surface area contributed by atoms with E-state index in [1.807, 2.05) is 12.1 Å². The van der Waals surface area contributed by atoms with Crippen LogP contribution < -0.4 is 5.32 Å². The molecule has 1 aromatic heterocycles. The molecule has 0 aliphatic heterocycles. The van der Waals surface area contributed by atoms with Crippen LogP contribution in [0.25, 0.3) is 5.57 Å². The fraction of sp³-hybridized carbons (Fsp3) is 0.0667. The number of hydrogen-bond donors (Lipinski definition) is 3. The summed E-state index contributed by atoms with van der Waals surface area (Å²) >= 11 is 0. The van der Waals surface area contributed by atoms with E-state index in [-0.39, 0.29) is 5.75 Å². The zero-order chi connectivity index (χ0) is 13.7. The van der Waals surface area contributed by atoms with Crippen molar-refractivity contribution in [3.05, 3.63) is 66.1 Å². The van der Waals surface area contributed by atoms with Gasteiger partial charge in [-0.2, -0.15) is 0 Å². The zero-order valence-electron chi connectivity index (χ0n) is 10.6. The molecule has 2 rings (SSSR count). The number of nitrogens with zero attached hydrogens (tertiary/aromatic N) is 1. The van der Waals surface area contributed by atoms with Gasteiger partial charge in [0.05, 0.1) is 5.71 Å². The molecule has 1 heterocycles. The highest BCUT2D eigenvalue weighted by molar-refractivity contribution is 6.30. The van der Waals surface area contributed by atoms with E-state index in [0.717, 1.165) is 16.7 Å². The van der Waals surface area contributed by atoms with Crippen LogP contribution in [0.3, 0.4) is 0 Å². The largest absolute Gasteiger partial charge is 0.508 e. The lowest BCUT2D eigenvalue weighted by Gasteiger charge is -2.10. The molecule has 3 N–H and O–H groups in total. The van der Waals surface area contributed by atoms with Crippen molar-refractivity contribution in [2.75, 3.05) is 7.05 Å². The summed E-state index contributed by atoms with van der Waals surface area (Å²) in [4.78, 5) is 3.98. The standard InChI is InChI=1S/C15H15N3O/c1-17-10-14(11-6-8-18-9-7-11)15(16)12-2-4-13(19)5-3-12/h2-10,16-17,19H,1H3/b14-10-,16-15?. The molecule has 0 aliphatic carbocycles. The van der Waals surface area contributed by atoms with E-state index in [4.69, 9.17) is 5.41 Å². The molecule has 0 spiro atoms. The number of phenols is 1. The van der Waals surface area contributed by atoms with Crippen molar-refractivity contribution in [2.45, 2.75) is 0 Å². The van der Waals surface area contributed by atoms with Gasteiger partial charge in [-0.1, -0.05) is 0 Å². The highest BCUT2D eigenvalue weighted by atomic mass is 16.3. The lowest BCUT2D eigenvalue weighted by atomic mass is 9.97. The number of aromatic hydroxyl groups is 1. The van der Waals surface area contributed by atoms with Gasteiger partial charge in [0.25, 0.3) is 0 Å². The Balaban J connectivity index is 2.38. The van der Waals surface area contributed by atoms with E-state index in [0.29, 0.717) is 5.71 Å². The van der Waals surface area contributed by atoms with E-state index < -0.39 is 0 Å². The minimum atomic E-state index is 0.194. The topological polar surface area (TPSA) is 69.0 Å². The van der Waals surface area contributed by atoms with Gasteiger partial charge in [0, 0.05) is 36.8 Å². The van der Waals surface area contributed by atoms with Crippen molar-refractivity contribution < 1.29 is 5.11 Å². The molecule has 4 heteroatoms. The predicted molar refractivity (Wildman–Crippen MR) is 76.2 cm³/mol.